The molecule has 15 heavy (non-hydrogen) atoms. The molecule has 0 saturated heterocycles. The van der Waals surface area contributed by atoms with E-state index in [1.807, 2.05) is 30.5 Å². The Morgan fingerprint density at radius 2 is 1.87 bits per heavy atom. The maximum atomic E-state index is 5.50. The van der Waals surface area contributed by atoms with Gasteiger partial charge >= 0.3 is 0 Å². The highest BCUT2D eigenvalue weighted by molar-refractivity contribution is 6.96. The Hall–Kier alpha value is -1.74. The number of rotatable bonds is 0. The van der Waals surface area contributed by atoms with Crippen LogP contribution in [0.3, 0.4) is 0 Å². The first-order chi connectivity index (χ1) is 7.45. The van der Waals surface area contributed by atoms with Crippen LogP contribution in [-0.2, 0) is 0 Å². The van der Waals surface area contributed by atoms with E-state index in [1.54, 1.807) is 0 Å². The zero-order chi connectivity index (χ0) is 10.1. The van der Waals surface area contributed by atoms with Gasteiger partial charge in [-0.2, -0.15) is 0 Å². The summed E-state index contributed by atoms with van der Waals surface area (Å²) < 4.78 is 8.47. The van der Waals surface area contributed by atoms with Gasteiger partial charge in [-0.25, -0.2) is 0 Å². The minimum Gasteiger partial charge on any atom is -0.386 e. The second kappa shape index (κ2) is 3.44. The molecule has 0 bridgehead atoms. The third kappa shape index (κ3) is 1.41. The van der Waals surface area contributed by atoms with Gasteiger partial charge in [0.2, 0.25) is 0 Å². The highest BCUT2D eigenvalue weighted by Gasteiger charge is 1.99. The molecule has 0 spiro atoms. The quantitative estimate of drug-likeness (QED) is 0.601. The van der Waals surface area contributed by atoms with Crippen LogP contribution >= 0.6 is 11.8 Å². The molecular formula is C12H9NOS. The fourth-order valence-corrected chi connectivity index (χ4v) is 2.14. The lowest BCUT2D eigenvalue weighted by molar-refractivity contribution is 0.743. The van der Waals surface area contributed by atoms with Crippen LogP contribution in [0.1, 0.15) is 0 Å². The van der Waals surface area contributed by atoms with E-state index in [0.717, 1.165) is 11.0 Å². The number of nitrogens with one attached hydrogen (secondary N) is 1. The minimum absolute atomic E-state index is 0.903. The van der Waals surface area contributed by atoms with Crippen molar-refractivity contribution in [2.45, 2.75) is 0 Å². The normalized spacial score (nSPS) is 10.7. The van der Waals surface area contributed by atoms with Gasteiger partial charge < -0.3 is 3.85 Å². The van der Waals surface area contributed by atoms with Crippen LogP contribution in [0.4, 0.5) is 0 Å². The number of aromatic nitrogens is 1. The zero-order valence-electron chi connectivity index (χ0n) is 7.94. The van der Waals surface area contributed by atoms with Crippen molar-refractivity contribution in [3.8, 4) is 0 Å². The summed E-state index contributed by atoms with van der Waals surface area (Å²) in [5.41, 5.74) is 0.903. The zero-order valence-corrected chi connectivity index (χ0v) is 8.75. The van der Waals surface area contributed by atoms with Crippen LogP contribution in [0.15, 0.2) is 52.5 Å². The highest BCUT2D eigenvalue weighted by Crippen LogP contribution is 2.24. The highest BCUT2D eigenvalue weighted by atomic mass is 32.1. The summed E-state index contributed by atoms with van der Waals surface area (Å²) in [4.78, 5) is 0. The van der Waals surface area contributed by atoms with E-state index in [-0.39, 0.29) is 0 Å². The Morgan fingerprint density at radius 1 is 0.933 bits per heavy atom. The smallest absolute Gasteiger partial charge is 0.153 e. The Balaban J connectivity index is 2.61. The summed E-state index contributed by atoms with van der Waals surface area (Å²) in [7, 11) is 0. The number of aromatic amines is 1. The molecule has 1 aromatic heterocycles. The second-order valence-corrected chi connectivity index (χ2v) is 3.89. The molecule has 2 nitrogen and oxygen atoms in total. The van der Waals surface area contributed by atoms with Crippen molar-refractivity contribution in [1.82, 2.24) is 4.37 Å². The number of fused-ring (bicyclic) bond motifs is 3. The van der Waals surface area contributed by atoms with Crippen molar-refractivity contribution in [3.05, 3.63) is 48.7 Å². The van der Waals surface area contributed by atoms with Gasteiger partial charge in [-0.15, -0.1) is 0 Å². The summed E-state index contributed by atoms with van der Waals surface area (Å²) >= 11 is 1.23. The molecule has 0 saturated carbocycles. The predicted octanol–water partition coefficient (Wildman–Crippen LogP) is 4.10. The van der Waals surface area contributed by atoms with E-state index in [1.165, 1.54) is 22.6 Å². The maximum Gasteiger partial charge on any atom is 0.153 e. The lowest BCUT2D eigenvalue weighted by Crippen LogP contribution is -1.73. The molecule has 0 unspecified atom stereocenters. The van der Waals surface area contributed by atoms with Gasteiger partial charge in [0.05, 0.1) is 0 Å². The molecule has 0 atom stereocenters. The van der Waals surface area contributed by atoms with Gasteiger partial charge in [0.25, 0.3) is 0 Å². The fraction of sp³-hybridized carbons (Fsp3) is 0. The third-order valence-corrected chi connectivity index (χ3v) is 2.92. The van der Waals surface area contributed by atoms with Crippen LogP contribution < -0.4 is 0 Å². The second-order valence-electron chi connectivity index (χ2n) is 3.32. The molecule has 0 aliphatic heterocycles. The van der Waals surface area contributed by atoms with Crippen molar-refractivity contribution in [2.75, 3.05) is 0 Å². The number of benzene rings is 2. The topological polar surface area (TPSA) is 28.9 Å². The van der Waals surface area contributed by atoms with Gasteiger partial charge in [-0.1, -0.05) is 30.3 Å². The molecule has 0 aliphatic rings. The molecule has 1 heterocycles. The van der Waals surface area contributed by atoms with Crippen molar-refractivity contribution >= 4 is 33.6 Å². The standard InChI is InChI=1S/C12H9NOS/c1-2-4-10-9(3-1)5-6-12-11(10)7-8-13-15-14-12/h1-8,13H. The molecule has 1 N–H and O–H groups in total. The predicted molar refractivity (Wildman–Crippen MR) is 63.6 cm³/mol. The van der Waals surface area contributed by atoms with Gasteiger partial charge in [-0.05, 0) is 22.9 Å². The Kier molecular flexibility index (Phi) is 1.96. The molecule has 0 radical (unpaired) electrons. The largest absolute Gasteiger partial charge is 0.386 e. The van der Waals surface area contributed by atoms with Gasteiger partial charge in [0, 0.05) is 11.6 Å². The van der Waals surface area contributed by atoms with E-state index in [2.05, 4.69) is 22.6 Å². The summed E-state index contributed by atoms with van der Waals surface area (Å²) in [5.74, 6) is 0. The molecular weight excluding hydrogens is 206 g/mol. The van der Waals surface area contributed by atoms with Crippen LogP contribution in [-0.4, -0.2) is 4.37 Å². The summed E-state index contributed by atoms with van der Waals surface area (Å²) in [6.45, 7) is 0. The lowest BCUT2D eigenvalue weighted by Gasteiger charge is -1.98. The monoisotopic (exact) mass is 215 g/mol. The average Bonchev–Trinajstić information content (AvgIpc) is 2.54. The van der Waals surface area contributed by atoms with Crippen LogP contribution in [0.5, 0.6) is 0 Å². The van der Waals surface area contributed by atoms with E-state index in [9.17, 15) is 0 Å². The summed E-state index contributed by atoms with van der Waals surface area (Å²) in [5, 5.41) is 3.58. The van der Waals surface area contributed by atoms with Gasteiger partial charge in [0.15, 0.2) is 5.58 Å². The van der Waals surface area contributed by atoms with Gasteiger partial charge in [-0.3, -0.25) is 4.37 Å². The third-order valence-electron chi connectivity index (χ3n) is 2.43. The lowest BCUT2D eigenvalue weighted by atomic mass is 10.1. The minimum atomic E-state index is 0.903. The molecule has 2 aromatic carbocycles. The Bertz CT molecular complexity index is 645. The number of hydrogen-bond donors (Lipinski definition) is 1. The van der Waals surface area contributed by atoms with Crippen LogP contribution in [0.25, 0.3) is 21.7 Å². The SMILES string of the molecule is c1ccc2c(c1)ccc1os[nH]ccc12. The molecule has 3 aromatic rings. The number of hydrogen-bond acceptors (Lipinski definition) is 2. The van der Waals surface area contributed by atoms with Crippen molar-refractivity contribution < 1.29 is 3.85 Å². The summed E-state index contributed by atoms with van der Waals surface area (Å²) in [6.07, 6.45) is 1.89. The average molecular weight is 215 g/mol. The molecule has 0 fully saturated rings. The molecule has 3 rings (SSSR count). The van der Waals surface area contributed by atoms with Crippen LogP contribution in [0, 0.1) is 0 Å². The Labute approximate surface area is 90.8 Å². The first-order valence-corrected chi connectivity index (χ1v) is 5.47. The molecule has 74 valence electrons. The fourth-order valence-electron chi connectivity index (χ4n) is 1.73. The van der Waals surface area contributed by atoms with Crippen molar-refractivity contribution in [2.24, 2.45) is 0 Å². The molecule has 3 heteroatoms. The molecule has 0 aliphatic carbocycles. The van der Waals surface area contributed by atoms with Gasteiger partial charge in [0.1, 0.15) is 11.8 Å². The summed E-state index contributed by atoms with van der Waals surface area (Å²) in [6, 6.07) is 14.4. The molecule has 0 amide bonds. The Morgan fingerprint density at radius 3 is 2.87 bits per heavy atom. The van der Waals surface area contributed by atoms with Crippen molar-refractivity contribution in [3.63, 3.8) is 0 Å². The van der Waals surface area contributed by atoms with E-state index < -0.39 is 0 Å². The van der Waals surface area contributed by atoms with Crippen LogP contribution in [0.2, 0.25) is 0 Å². The first kappa shape index (κ1) is 8.56. The van der Waals surface area contributed by atoms with E-state index >= 15 is 0 Å². The first-order valence-electron chi connectivity index (χ1n) is 4.72. The van der Waals surface area contributed by atoms with E-state index in [4.69, 9.17) is 3.85 Å². The number of H-pyrrole nitrogens is 1. The van der Waals surface area contributed by atoms with E-state index in [0.29, 0.717) is 0 Å². The maximum absolute atomic E-state index is 5.50. The van der Waals surface area contributed by atoms with Crippen molar-refractivity contribution in [1.29, 1.82) is 0 Å².